The largest absolute Gasteiger partial charge is 0.503 e. The Morgan fingerprint density at radius 3 is 3.00 bits per heavy atom. The molecule has 8 heteroatoms. The number of halogens is 1. The van der Waals surface area contributed by atoms with Crippen molar-refractivity contribution in [3.8, 4) is 17.6 Å². The average Bonchev–Trinajstić information content (AvgIpc) is 2.82. The number of aryl methyl sites for hydroxylation is 1. The van der Waals surface area contributed by atoms with Crippen LogP contribution in [0.1, 0.15) is 17.1 Å². The number of phenols is 1. The summed E-state index contributed by atoms with van der Waals surface area (Å²) in [6.45, 7) is 1.64. The standard InChI is InChI=1S/C13H11BrN4O3/c1-7-17-10(5-15)13(21-7)18-16-6-8-3-9(14)12(19)11(4-8)20-2/h3-4,6,18-19H,1-2H3. The molecule has 0 amide bonds. The number of ether oxygens (including phenoxy) is 1. The van der Waals surface area contributed by atoms with E-state index >= 15 is 0 Å². The summed E-state index contributed by atoms with van der Waals surface area (Å²) in [6, 6.07) is 5.18. The van der Waals surface area contributed by atoms with Crippen molar-refractivity contribution in [2.24, 2.45) is 5.10 Å². The highest BCUT2D eigenvalue weighted by Gasteiger charge is 2.10. The minimum absolute atomic E-state index is 0.0141. The van der Waals surface area contributed by atoms with Gasteiger partial charge in [0.15, 0.2) is 17.4 Å². The van der Waals surface area contributed by atoms with Gasteiger partial charge in [-0.25, -0.2) is 10.4 Å². The van der Waals surface area contributed by atoms with E-state index in [1.807, 2.05) is 6.07 Å². The monoisotopic (exact) mass is 350 g/mol. The lowest BCUT2D eigenvalue weighted by Gasteiger charge is -2.06. The van der Waals surface area contributed by atoms with Crippen LogP contribution in [0.25, 0.3) is 0 Å². The molecule has 21 heavy (non-hydrogen) atoms. The molecule has 0 fully saturated rings. The van der Waals surface area contributed by atoms with E-state index in [2.05, 4.69) is 31.4 Å². The van der Waals surface area contributed by atoms with Crippen LogP contribution >= 0.6 is 15.9 Å². The first-order valence-electron chi connectivity index (χ1n) is 5.78. The van der Waals surface area contributed by atoms with Crippen molar-refractivity contribution >= 4 is 28.0 Å². The SMILES string of the molecule is COc1cc(C=NNc2oc(C)nc2C#N)cc(Br)c1O. The van der Waals surface area contributed by atoms with E-state index < -0.39 is 0 Å². The summed E-state index contributed by atoms with van der Waals surface area (Å²) >= 11 is 3.22. The number of anilines is 1. The number of hydrogen-bond donors (Lipinski definition) is 2. The number of aromatic nitrogens is 1. The molecule has 108 valence electrons. The van der Waals surface area contributed by atoms with Crippen LogP contribution in [0.15, 0.2) is 26.1 Å². The fourth-order valence-electron chi connectivity index (χ4n) is 1.57. The quantitative estimate of drug-likeness (QED) is 0.648. The van der Waals surface area contributed by atoms with Gasteiger partial charge in [-0.2, -0.15) is 10.4 Å². The summed E-state index contributed by atoms with van der Waals surface area (Å²) in [7, 11) is 1.46. The molecule has 0 radical (unpaired) electrons. The van der Waals surface area contributed by atoms with Crippen molar-refractivity contribution in [2.75, 3.05) is 12.5 Å². The number of benzene rings is 1. The van der Waals surface area contributed by atoms with Crippen molar-refractivity contribution in [1.82, 2.24) is 4.98 Å². The summed E-state index contributed by atoms with van der Waals surface area (Å²) < 4.78 is 10.7. The van der Waals surface area contributed by atoms with Gasteiger partial charge in [0.1, 0.15) is 6.07 Å². The lowest BCUT2D eigenvalue weighted by Crippen LogP contribution is -1.93. The Morgan fingerprint density at radius 1 is 1.57 bits per heavy atom. The third-order valence-electron chi connectivity index (χ3n) is 2.49. The summed E-state index contributed by atoms with van der Waals surface area (Å²) in [5, 5.41) is 22.5. The van der Waals surface area contributed by atoms with Crippen molar-refractivity contribution in [3.63, 3.8) is 0 Å². The topological polar surface area (TPSA) is 104 Å². The van der Waals surface area contributed by atoms with Gasteiger partial charge >= 0.3 is 0 Å². The molecule has 0 aliphatic carbocycles. The molecule has 0 saturated heterocycles. The zero-order valence-corrected chi connectivity index (χ0v) is 12.8. The van der Waals surface area contributed by atoms with E-state index in [0.29, 0.717) is 21.7 Å². The second kappa shape index (κ2) is 6.28. The Bertz CT molecular complexity index is 734. The third-order valence-corrected chi connectivity index (χ3v) is 3.09. The van der Waals surface area contributed by atoms with E-state index in [0.717, 1.165) is 0 Å². The van der Waals surface area contributed by atoms with Crippen molar-refractivity contribution in [1.29, 1.82) is 5.26 Å². The van der Waals surface area contributed by atoms with Crippen LogP contribution in [0.3, 0.4) is 0 Å². The smallest absolute Gasteiger partial charge is 0.252 e. The van der Waals surface area contributed by atoms with E-state index in [4.69, 9.17) is 14.4 Å². The van der Waals surface area contributed by atoms with E-state index in [1.54, 1.807) is 19.1 Å². The molecule has 0 unspecified atom stereocenters. The highest BCUT2D eigenvalue weighted by Crippen LogP contribution is 2.34. The van der Waals surface area contributed by atoms with E-state index in [9.17, 15) is 5.11 Å². The molecular formula is C13H11BrN4O3. The fourth-order valence-corrected chi connectivity index (χ4v) is 2.03. The van der Waals surface area contributed by atoms with Crippen molar-refractivity contribution in [3.05, 3.63) is 33.8 Å². The average molecular weight is 351 g/mol. The number of methoxy groups -OCH3 is 1. The molecule has 2 N–H and O–H groups in total. The lowest BCUT2D eigenvalue weighted by molar-refractivity contribution is 0.372. The van der Waals surface area contributed by atoms with Gasteiger partial charge in [0, 0.05) is 6.92 Å². The number of phenolic OH excluding ortho intramolecular Hbond substituents is 1. The van der Waals surface area contributed by atoms with Crippen LogP contribution in [0.2, 0.25) is 0 Å². The number of aromatic hydroxyl groups is 1. The van der Waals surface area contributed by atoms with Crippen molar-refractivity contribution < 1.29 is 14.3 Å². The van der Waals surface area contributed by atoms with Gasteiger partial charge in [-0.1, -0.05) is 0 Å². The number of hydrogen-bond acceptors (Lipinski definition) is 7. The molecule has 2 aromatic rings. The molecule has 0 saturated carbocycles. The molecule has 7 nitrogen and oxygen atoms in total. The van der Waals surface area contributed by atoms with Gasteiger partial charge in [0.05, 0.1) is 17.8 Å². The molecule has 0 aliphatic rings. The maximum Gasteiger partial charge on any atom is 0.252 e. The first kappa shape index (κ1) is 14.9. The second-order valence-corrected chi connectivity index (χ2v) is 4.80. The Labute approximate surface area is 129 Å². The molecule has 1 aromatic carbocycles. The van der Waals surface area contributed by atoms with Gasteiger partial charge in [0.2, 0.25) is 5.69 Å². The van der Waals surface area contributed by atoms with Crippen LogP contribution in [0.5, 0.6) is 11.5 Å². The van der Waals surface area contributed by atoms with E-state index in [-0.39, 0.29) is 17.3 Å². The maximum atomic E-state index is 9.71. The minimum Gasteiger partial charge on any atom is -0.503 e. The Balaban J connectivity index is 2.18. The molecule has 1 aromatic heterocycles. The molecule has 0 spiro atoms. The molecule has 0 bridgehead atoms. The second-order valence-electron chi connectivity index (χ2n) is 3.95. The zero-order valence-electron chi connectivity index (χ0n) is 11.2. The van der Waals surface area contributed by atoms with E-state index in [1.165, 1.54) is 13.3 Å². The summed E-state index contributed by atoms with van der Waals surface area (Å²) in [6.07, 6.45) is 1.49. The van der Waals surface area contributed by atoms with Crippen molar-refractivity contribution in [2.45, 2.75) is 6.92 Å². The van der Waals surface area contributed by atoms with Crippen LogP contribution in [-0.4, -0.2) is 23.4 Å². The van der Waals surface area contributed by atoms with Crippen LogP contribution in [0.4, 0.5) is 5.88 Å². The zero-order chi connectivity index (χ0) is 15.4. The fraction of sp³-hybridized carbons (Fsp3) is 0.154. The van der Waals surface area contributed by atoms with Crippen LogP contribution in [-0.2, 0) is 0 Å². The number of nitriles is 1. The summed E-state index contributed by atoms with van der Waals surface area (Å²) in [4.78, 5) is 3.88. The first-order valence-corrected chi connectivity index (χ1v) is 6.57. The number of hydrazone groups is 1. The number of nitrogens with zero attached hydrogens (tertiary/aromatic N) is 3. The molecule has 2 rings (SSSR count). The predicted octanol–water partition coefficient (Wildman–Crippen LogP) is 2.78. The minimum atomic E-state index is 0.0141. The summed E-state index contributed by atoms with van der Waals surface area (Å²) in [5.74, 6) is 0.883. The first-order chi connectivity index (χ1) is 10.0. The predicted molar refractivity (Wildman–Crippen MR) is 79.5 cm³/mol. The molecule has 0 atom stereocenters. The maximum absolute atomic E-state index is 9.71. The van der Waals surface area contributed by atoms with Gasteiger partial charge in [-0.05, 0) is 33.6 Å². The van der Waals surface area contributed by atoms with Gasteiger partial charge in [-0.15, -0.1) is 0 Å². The Hall–Kier alpha value is -2.53. The molecule has 1 heterocycles. The Kier molecular flexibility index (Phi) is 4.45. The third kappa shape index (κ3) is 3.32. The lowest BCUT2D eigenvalue weighted by atomic mass is 10.2. The number of rotatable bonds is 4. The van der Waals surface area contributed by atoms with Gasteiger partial charge in [0.25, 0.3) is 5.88 Å². The van der Waals surface area contributed by atoms with Crippen LogP contribution < -0.4 is 10.2 Å². The highest BCUT2D eigenvalue weighted by molar-refractivity contribution is 9.10. The number of oxazole rings is 1. The Morgan fingerprint density at radius 2 is 2.33 bits per heavy atom. The summed E-state index contributed by atoms with van der Waals surface area (Å²) in [5.41, 5.74) is 3.42. The number of nitrogens with one attached hydrogen (secondary N) is 1. The van der Waals surface area contributed by atoms with Gasteiger partial charge < -0.3 is 14.3 Å². The molecule has 0 aliphatic heterocycles. The highest BCUT2D eigenvalue weighted by atomic mass is 79.9. The molecular weight excluding hydrogens is 340 g/mol. The van der Waals surface area contributed by atoms with Crippen LogP contribution in [0, 0.1) is 18.3 Å². The normalized spacial score (nSPS) is 10.6. The van der Waals surface area contributed by atoms with Gasteiger partial charge in [-0.3, -0.25) is 0 Å².